The van der Waals surface area contributed by atoms with Crippen LogP contribution in [0.2, 0.25) is 0 Å². The van der Waals surface area contributed by atoms with Crippen molar-refractivity contribution in [2.75, 3.05) is 5.75 Å². The third-order valence-electron chi connectivity index (χ3n) is 2.76. The summed E-state index contributed by atoms with van der Waals surface area (Å²) >= 11 is 0. The van der Waals surface area contributed by atoms with Crippen LogP contribution in [0, 0.1) is 11.6 Å². The van der Waals surface area contributed by atoms with Gasteiger partial charge in [0.1, 0.15) is 11.6 Å². The second-order valence-corrected chi connectivity index (χ2v) is 5.70. The maximum atomic E-state index is 13.4. The summed E-state index contributed by atoms with van der Waals surface area (Å²) in [5.74, 6) is -1.16. The number of benzene rings is 2. The van der Waals surface area contributed by atoms with E-state index in [0.29, 0.717) is 5.56 Å². The highest BCUT2D eigenvalue weighted by Gasteiger charge is 2.12. The van der Waals surface area contributed by atoms with Crippen LogP contribution in [-0.4, -0.2) is 15.7 Å². The Hall–Kier alpha value is -1.88. The summed E-state index contributed by atoms with van der Waals surface area (Å²) in [6, 6.07) is 10.9. The molecular formula is C15H12F2O2S. The molecule has 20 heavy (non-hydrogen) atoms. The second kappa shape index (κ2) is 6.52. The quantitative estimate of drug-likeness (QED) is 0.793. The van der Waals surface area contributed by atoms with E-state index >= 15 is 0 Å². The van der Waals surface area contributed by atoms with Crippen molar-refractivity contribution in [3.8, 4) is 0 Å². The van der Waals surface area contributed by atoms with Crippen LogP contribution < -0.4 is 0 Å². The fourth-order valence-corrected chi connectivity index (χ4v) is 2.81. The zero-order chi connectivity index (χ0) is 14.5. The molecule has 0 radical (unpaired) electrons. The number of ketones is 1. The third-order valence-corrected chi connectivity index (χ3v) is 4.16. The number of Topliss-reactive ketones (excluding diaryl/α,β-unsaturated/α-hetero) is 1. The highest BCUT2D eigenvalue weighted by atomic mass is 32.2. The van der Waals surface area contributed by atoms with Crippen molar-refractivity contribution in [1.82, 2.24) is 0 Å². The van der Waals surface area contributed by atoms with Gasteiger partial charge in [-0.25, -0.2) is 8.78 Å². The van der Waals surface area contributed by atoms with Crippen LogP contribution in [-0.2, 0) is 10.8 Å². The monoisotopic (exact) mass is 294 g/mol. The molecule has 2 aromatic carbocycles. The van der Waals surface area contributed by atoms with Gasteiger partial charge in [0.2, 0.25) is 0 Å². The summed E-state index contributed by atoms with van der Waals surface area (Å²) in [5, 5.41) is 0. The summed E-state index contributed by atoms with van der Waals surface area (Å²) in [7, 11) is -1.56. The van der Waals surface area contributed by atoms with E-state index in [1.165, 1.54) is 42.5 Å². The van der Waals surface area contributed by atoms with E-state index in [9.17, 15) is 17.8 Å². The van der Waals surface area contributed by atoms with Crippen LogP contribution in [0.5, 0.6) is 0 Å². The lowest BCUT2D eigenvalue weighted by atomic mass is 10.1. The van der Waals surface area contributed by atoms with Gasteiger partial charge in [-0.3, -0.25) is 9.00 Å². The topological polar surface area (TPSA) is 34.1 Å². The Morgan fingerprint density at radius 1 is 1.00 bits per heavy atom. The van der Waals surface area contributed by atoms with Gasteiger partial charge < -0.3 is 0 Å². The van der Waals surface area contributed by atoms with Gasteiger partial charge >= 0.3 is 0 Å². The zero-order valence-electron chi connectivity index (χ0n) is 10.5. The molecule has 2 aromatic rings. The van der Waals surface area contributed by atoms with E-state index in [1.807, 2.05) is 0 Å². The Labute approximate surface area is 117 Å². The molecule has 5 heteroatoms. The number of hydrogen-bond donors (Lipinski definition) is 0. The van der Waals surface area contributed by atoms with E-state index in [0.717, 1.165) is 0 Å². The van der Waals surface area contributed by atoms with Crippen LogP contribution in [0.25, 0.3) is 0 Å². The number of halogens is 2. The first kappa shape index (κ1) is 14.5. The Kier molecular flexibility index (Phi) is 4.74. The third kappa shape index (κ3) is 3.57. The van der Waals surface area contributed by atoms with Crippen LogP contribution in [0.1, 0.15) is 16.8 Å². The van der Waals surface area contributed by atoms with E-state index in [4.69, 9.17) is 0 Å². The highest BCUT2D eigenvalue weighted by Crippen LogP contribution is 2.13. The molecule has 1 unspecified atom stereocenters. The van der Waals surface area contributed by atoms with Crippen molar-refractivity contribution in [2.45, 2.75) is 11.3 Å². The fraction of sp³-hybridized carbons (Fsp3) is 0.133. The maximum absolute atomic E-state index is 13.4. The van der Waals surface area contributed by atoms with Gasteiger partial charge in [-0.05, 0) is 36.4 Å². The molecule has 104 valence electrons. The minimum absolute atomic E-state index is 0.0204. The molecule has 0 bridgehead atoms. The van der Waals surface area contributed by atoms with Crippen LogP contribution in [0.4, 0.5) is 8.78 Å². The van der Waals surface area contributed by atoms with E-state index < -0.39 is 22.4 Å². The van der Waals surface area contributed by atoms with Gasteiger partial charge in [-0.1, -0.05) is 12.1 Å². The fourth-order valence-electron chi connectivity index (χ4n) is 1.70. The molecular weight excluding hydrogens is 282 g/mol. The molecule has 0 saturated heterocycles. The Morgan fingerprint density at radius 3 is 2.30 bits per heavy atom. The molecule has 0 amide bonds. The smallest absolute Gasteiger partial charge is 0.163 e. The number of hydrogen-bond acceptors (Lipinski definition) is 2. The highest BCUT2D eigenvalue weighted by molar-refractivity contribution is 7.85. The molecule has 0 aliphatic carbocycles. The first-order valence-electron chi connectivity index (χ1n) is 5.99. The number of carbonyl (C=O) groups is 1. The summed E-state index contributed by atoms with van der Waals surface area (Å²) in [5.41, 5.74) is 0.358. The Bertz CT molecular complexity index is 639. The Morgan fingerprint density at radius 2 is 1.65 bits per heavy atom. The number of rotatable bonds is 5. The molecule has 0 aliphatic rings. The van der Waals surface area contributed by atoms with Crippen LogP contribution in [0.3, 0.4) is 0 Å². The predicted octanol–water partition coefficient (Wildman–Crippen LogP) is 3.35. The van der Waals surface area contributed by atoms with Gasteiger partial charge in [0.15, 0.2) is 5.78 Å². The van der Waals surface area contributed by atoms with E-state index in [1.54, 1.807) is 6.07 Å². The summed E-state index contributed by atoms with van der Waals surface area (Å²) in [6.45, 7) is 0. The van der Waals surface area contributed by atoms with Gasteiger partial charge in [0.25, 0.3) is 0 Å². The van der Waals surface area contributed by atoms with E-state index in [-0.39, 0.29) is 22.9 Å². The molecule has 0 N–H and O–H groups in total. The average Bonchev–Trinajstić information content (AvgIpc) is 2.45. The van der Waals surface area contributed by atoms with Crippen molar-refractivity contribution in [2.24, 2.45) is 0 Å². The summed E-state index contributed by atoms with van der Waals surface area (Å²) in [6.07, 6.45) is 0.0204. The molecule has 0 heterocycles. The van der Waals surface area contributed by atoms with Crippen molar-refractivity contribution in [1.29, 1.82) is 0 Å². The molecule has 0 spiro atoms. The predicted molar refractivity (Wildman–Crippen MR) is 73.0 cm³/mol. The van der Waals surface area contributed by atoms with Crippen LogP contribution >= 0.6 is 0 Å². The largest absolute Gasteiger partial charge is 0.294 e. The lowest BCUT2D eigenvalue weighted by Crippen LogP contribution is -2.07. The molecule has 0 saturated carbocycles. The van der Waals surface area contributed by atoms with E-state index in [2.05, 4.69) is 0 Å². The normalized spacial score (nSPS) is 12.1. The summed E-state index contributed by atoms with van der Waals surface area (Å²) in [4.78, 5) is 11.9. The average molecular weight is 294 g/mol. The minimum atomic E-state index is -1.56. The number of carbonyl (C=O) groups excluding carboxylic acids is 1. The van der Waals surface area contributed by atoms with Crippen molar-refractivity contribution in [3.05, 3.63) is 65.7 Å². The lowest BCUT2D eigenvalue weighted by molar-refractivity contribution is 0.0989. The second-order valence-electron chi connectivity index (χ2n) is 4.16. The molecule has 2 rings (SSSR count). The summed E-state index contributed by atoms with van der Waals surface area (Å²) < 4.78 is 38.1. The standard InChI is InChI=1S/C15H12F2O2S/c16-12-7-5-11(6-8-12)14(18)9-10-20(19)15-4-2-1-3-13(15)17/h1-8H,9-10H2. The van der Waals surface area contributed by atoms with Gasteiger partial charge in [0, 0.05) is 17.7 Å². The van der Waals surface area contributed by atoms with Gasteiger partial charge in [0.05, 0.1) is 15.7 Å². The first-order chi connectivity index (χ1) is 9.58. The van der Waals surface area contributed by atoms with Crippen molar-refractivity contribution in [3.63, 3.8) is 0 Å². The van der Waals surface area contributed by atoms with Crippen LogP contribution in [0.15, 0.2) is 53.4 Å². The van der Waals surface area contributed by atoms with Crippen molar-refractivity contribution >= 4 is 16.6 Å². The molecule has 0 aromatic heterocycles. The van der Waals surface area contributed by atoms with Gasteiger partial charge in [-0.15, -0.1) is 0 Å². The molecule has 2 nitrogen and oxygen atoms in total. The first-order valence-corrected chi connectivity index (χ1v) is 7.31. The van der Waals surface area contributed by atoms with Crippen molar-refractivity contribution < 1.29 is 17.8 Å². The molecule has 0 aliphatic heterocycles. The maximum Gasteiger partial charge on any atom is 0.163 e. The SMILES string of the molecule is O=C(CCS(=O)c1ccccc1F)c1ccc(F)cc1. The molecule has 1 atom stereocenters. The van der Waals surface area contributed by atoms with Gasteiger partial charge in [-0.2, -0.15) is 0 Å². The minimum Gasteiger partial charge on any atom is -0.294 e. The Balaban J connectivity index is 1.99. The zero-order valence-corrected chi connectivity index (χ0v) is 11.3. The lowest BCUT2D eigenvalue weighted by Gasteiger charge is -2.03. The molecule has 0 fully saturated rings.